The van der Waals surface area contributed by atoms with Crippen molar-refractivity contribution >= 4 is 28.7 Å². The molecule has 1 aliphatic rings. The van der Waals surface area contributed by atoms with Gasteiger partial charge in [0.25, 0.3) is 0 Å². The van der Waals surface area contributed by atoms with Crippen LogP contribution in [0.4, 0.5) is 17.2 Å². The van der Waals surface area contributed by atoms with Gasteiger partial charge >= 0.3 is 0 Å². The minimum atomic E-state index is 0.172. The Hall–Kier alpha value is -3.03. The fraction of sp³-hybridized carbons (Fsp3) is 0.214. The number of nitrogens with zero attached hydrogens (tertiary/aromatic N) is 6. The zero-order valence-electron chi connectivity index (χ0n) is 11.7. The summed E-state index contributed by atoms with van der Waals surface area (Å²) in [4.78, 5) is 13.6. The van der Waals surface area contributed by atoms with Crippen LogP contribution in [0.25, 0.3) is 5.65 Å². The smallest absolute Gasteiger partial charge is 0.227 e. The lowest BCUT2D eigenvalue weighted by atomic mass is 10.2. The molecule has 1 amide bonds. The van der Waals surface area contributed by atoms with Crippen molar-refractivity contribution in [2.45, 2.75) is 12.8 Å². The molecule has 0 aliphatic carbocycles. The average Bonchev–Trinajstić information content (AvgIpc) is 3.15. The minimum absolute atomic E-state index is 0.172. The zero-order chi connectivity index (χ0) is 14.9. The molecule has 22 heavy (non-hydrogen) atoms. The van der Waals surface area contributed by atoms with E-state index < -0.39 is 0 Å². The van der Waals surface area contributed by atoms with Crippen LogP contribution in [-0.2, 0) is 4.79 Å². The first kappa shape index (κ1) is 12.7. The molecule has 1 aliphatic heterocycles. The summed E-state index contributed by atoms with van der Waals surface area (Å²) in [5.41, 5.74) is 2.34. The Morgan fingerprint density at radius 1 is 1.18 bits per heavy atom. The normalized spacial score (nSPS) is 14.7. The third kappa shape index (κ3) is 2.24. The van der Waals surface area contributed by atoms with Gasteiger partial charge in [0.2, 0.25) is 5.91 Å². The first-order chi connectivity index (χ1) is 10.8. The van der Waals surface area contributed by atoms with Crippen LogP contribution in [0, 0.1) is 0 Å². The number of tetrazole rings is 1. The molecular weight excluding hydrogens is 282 g/mol. The summed E-state index contributed by atoms with van der Waals surface area (Å²) < 4.78 is 1.36. The van der Waals surface area contributed by atoms with Gasteiger partial charge in [0, 0.05) is 24.3 Å². The number of fused-ring (bicyclic) bond motifs is 1. The molecule has 1 saturated heterocycles. The van der Waals surface area contributed by atoms with Crippen molar-refractivity contribution in [3.63, 3.8) is 0 Å². The molecule has 3 heterocycles. The molecule has 0 bridgehead atoms. The zero-order valence-corrected chi connectivity index (χ0v) is 11.7. The average molecular weight is 295 g/mol. The van der Waals surface area contributed by atoms with E-state index in [0.29, 0.717) is 17.9 Å². The summed E-state index contributed by atoms with van der Waals surface area (Å²) in [7, 11) is 0. The van der Waals surface area contributed by atoms with Crippen molar-refractivity contribution in [1.29, 1.82) is 0 Å². The van der Waals surface area contributed by atoms with Crippen LogP contribution in [-0.4, -0.2) is 37.7 Å². The van der Waals surface area contributed by atoms with Gasteiger partial charge in [-0.1, -0.05) is 6.07 Å². The van der Waals surface area contributed by atoms with Crippen LogP contribution in [0.2, 0.25) is 0 Å². The molecule has 0 radical (unpaired) electrons. The van der Waals surface area contributed by atoms with E-state index in [-0.39, 0.29) is 5.91 Å². The second kappa shape index (κ2) is 5.06. The number of nitrogens with one attached hydrogen (secondary N) is 1. The molecular formula is C14H13N7O. The molecule has 8 heteroatoms. The van der Waals surface area contributed by atoms with E-state index in [1.807, 2.05) is 29.2 Å². The fourth-order valence-electron chi connectivity index (χ4n) is 2.54. The molecule has 3 aromatic rings. The molecule has 0 saturated carbocycles. The molecule has 1 N–H and O–H groups in total. The van der Waals surface area contributed by atoms with Crippen molar-refractivity contribution in [2.24, 2.45) is 0 Å². The molecule has 4 rings (SSSR count). The largest absolute Gasteiger partial charge is 0.339 e. The lowest BCUT2D eigenvalue weighted by Gasteiger charge is -2.16. The van der Waals surface area contributed by atoms with Gasteiger partial charge in [0.15, 0.2) is 11.5 Å². The Balaban J connectivity index is 1.61. The number of benzene rings is 1. The van der Waals surface area contributed by atoms with E-state index >= 15 is 0 Å². The van der Waals surface area contributed by atoms with Crippen LogP contribution in [0.3, 0.4) is 0 Å². The highest BCUT2D eigenvalue weighted by molar-refractivity contribution is 5.95. The van der Waals surface area contributed by atoms with Gasteiger partial charge in [-0.25, -0.2) is 0 Å². The summed E-state index contributed by atoms with van der Waals surface area (Å²) in [5, 5.41) is 18.6. The Morgan fingerprint density at radius 3 is 3.00 bits per heavy atom. The SMILES string of the molecule is O=C1CCCN1c1cccc(Nc2ccc3nnnn3n2)c1. The Labute approximate surface area is 125 Å². The number of anilines is 3. The molecule has 110 valence electrons. The molecule has 2 aromatic heterocycles. The van der Waals surface area contributed by atoms with Gasteiger partial charge in [-0.2, -0.15) is 0 Å². The number of aromatic nitrogens is 5. The first-order valence-electron chi connectivity index (χ1n) is 7.02. The molecule has 0 atom stereocenters. The Bertz CT molecular complexity index is 844. The van der Waals surface area contributed by atoms with Crippen LogP contribution in [0.1, 0.15) is 12.8 Å². The Morgan fingerprint density at radius 2 is 2.14 bits per heavy atom. The third-order valence-corrected chi connectivity index (χ3v) is 3.57. The molecule has 1 aromatic carbocycles. The van der Waals surface area contributed by atoms with Gasteiger partial charge < -0.3 is 10.2 Å². The summed E-state index contributed by atoms with van der Waals surface area (Å²) in [5.74, 6) is 0.801. The van der Waals surface area contributed by atoms with Crippen molar-refractivity contribution in [3.05, 3.63) is 36.4 Å². The highest BCUT2D eigenvalue weighted by atomic mass is 16.2. The molecule has 8 nitrogen and oxygen atoms in total. The van der Waals surface area contributed by atoms with Crippen LogP contribution >= 0.6 is 0 Å². The number of carbonyl (C=O) groups excluding carboxylic acids is 1. The van der Waals surface area contributed by atoms with Crippen molar-refractivity contribution < 1.29 is 4.79 Å². The van der Waals surface area contributed by atoms with E-state index in [1.54, 1.807) is 12.1 Å². The second-order valence-corrected chi connectivity index (χ2v) is 5.07. The highest BCUT2D eigenvalue weighted by Gasteiger charge is 2.21. The minimum Gasteiger partial charge on any atom is -0.339 e. The maximum absolute atomic E-state index is 11.8. The van der Waals surface area contributed by atoms with Crippen LogP contribution in [0.5, 0.6) is 0 Å². The van der Waals surface area contributed by atoms with Gasteiger partial charge in [0.1, 0.15) is 0 Å². The highest BCUT2D eigenvalue weighted by Crippen LogP contribution is 2.25. The number of amides is 1. The van der Waals surface area contributed by atoms with E-state index in [2.05, 4.69) is 25.9 Å². The van der Waals surface area contributed by atoms with Gasteiger partial charge in [-0.15, -0.1) is 14.8 Å². The van der Waals surface area contributed by atoms with Crippen molar-refractivity contribution in [2.75, 3.05) is 16.8 Å². The van der Waals surface area contributed by atoms with Crippen molar-refractivity contribution in [1.82, 2.24) is 25.3 Å². The van der Waals surface area contributed by atoms with Gasteiger partial charge in [0.05, 0.1) is 0 Å². The second-order valence-electron chi connectivity index (χ2n) is 5.07. The number of hydrogen-bond acceptors (Lipinski definition) is 6. The van der Waals surface area contributed by atoms with Gasteiger partial charge in [-0.05, 0) is 47.2 Å². The fourth-order valence-corrected chi connectivity index (χ4v) is 2.54. The summed E-state index contributed by atoms with van der Waals surface area (Å²) in [6.45, 7) is 0.775. The van der Waals surface area contributed by atoms with Gasteiger partial charge in [-0.3, -0.25) is 4.79 Å². The van der Waals surface area contributed by atoms with Crippen LogP contribution in [0.15, 0.2) is 36.4 Å². The lowest BCUT2D eigenvalue weighted by molar-refractivity contribution is -0.117. The van der Waals surface area contributed by atoms with Crippen LogP contribution < -0.4 is 10.2 Å². The predicted octanol–water partition coefficient (Wildman–Crippen LogP) is 1.39. The monoisotopic (exact) mass is 295 g/mol. The van der Waals surface area contributed by atoms with Crippen molar-refractivity contribution in [3.8, 4) is 0 Å². The maximum Gasteiger partial charge on any atom is 0.227 e. The molecule has 1 fully saturated rings. The van der Waals surface area contributed by atoms with E-state index in [0.717, 1.165) is 24.3 Å². The summed E-state index contributed by atoms with van der Waals surface area (Å²) in [6.07, 6.45) is 1.53. The number of carbonyl (C=O) groups is 1. The number of rotatable bonds is 3. The molecule has 0 unspecified atom stereocenters. The Kier molecular flexibility index (Phi) is 2.92. The van der Waals surface area contributed by atoms with E-state index in [4.69, 9.17) is 0 Å². The summed E-state index contributed by atoms with van der Waals surface area (Å²) >= 11 is 0. The first-order valence-corrected chi connectivity index (χ1v) is 7.02. The summed E-state index contributed by atoms with van der Waals surface area (Å²) in [6, 6.07) is 11.3. The maximum atomic E-state index is 11.8. The topological polar surface area (TPSA) is 88.3 Å². The third-order valence-electron chi connectivity index (χ3n) is 3.57. The number of hydrogen-bond donors (Lipinski definition) is 1. The quantitative estimate of drug-likeness (QED) is 0.785. The predicted molar refractivity (Wildman–Crippen MR) is 79.9 cm³/mol. The standard InChI is InChI=1S/C14H13N7O/c22-14-5-2-8-20(14)11-4-1-3-10(9-11)15-12-6-7-13-16-18-19-21(13)17-12/h1,3-4,6-7,9H,2,5,8H2,(H,15,17). The molecule has 0 spiro atoms. The van der Waals surface area contributed by atoms with E-state index in [1.165, 1.54) is 4.63 Å². The van der Waals surface area contributed by atoms with E-state index in [9.17, 15) is 4.79 Å². The lowest BCUT2D eigenvalue weighted by Crippen LogP contribution is -2.23.